The Bertz CT molecular complexity index is 629. The van der Waals surface area contributed by atoms with Crippen LogP contribution in [0.3, 0.4) is 0 Å². The number of hydrogen-bond donors (Lipinski definition) is 1. The standard InChI is InChI=1S/C17H20FNO5/c18-13-3-1-2-11-10-14(24-16(11)13)17(22)19(7-4-15(20)21)12-5-8-23-9-6-12/h1-3,12,14H,4-10H2,(H,20,21). The van der Waals surface area contributed by atoms with Gasteiger partial charge in [0.15, 0.2) is 17.7 Å². The van der Waals surface area contributed by atoms with Crippen LogP contribution in [0.5, 0.6) is 5.75 Å². The van der Waals surface area contributed by atoms with E-state index in [-0.39, 0.29) is 30.7 Å². The largest absolute Gasteiger partial charge is 0.481 e. The van der Waals surface area contributed by atoms with E-state index in [1.807, 2.05) is 0 Å². The van der Waals surface area contributed by atoms with E-state index in [4.69, 9.17) is 14.6 Å². The first-order chi connectivity index (χ1) is 11.6. The number of hydrogen-bond acceptors (Lipinski definition) is 4. The zero-order valence-electron chi connectivity index (χ0n) is 13.2. The molecule has 3 rings (SSSR count). The Labute approximate surface area is 139 Å². The maximum atomic E-state index is 13.8. The Morgan fingerprint density at radius 2 is 2.04 bits per heavy atom. The number of benzene rings is 1. The lowest BCUT2D eigenvalue weighted by Crippen LogP contribution is -2.49. The average Bonchev–Trinajstić information content (AvgIpc) is 3.01. The molecule has 130 valence electrons. The maximum Gasteiger partial charge on any atom is 0.305 e. The normalized spacial score (nSPS) is 20.3. The van der Waals surface area contributed by atoms with Crippen LogP contribution in [0, 0.1) is 5.82 Å². The number of halogens is 1. The van der Waals surface area contributed by atoms with Gasteiger partial charge in [-0.15, -0.1) is 0 Å². The first-order valence-corrected chi connectivity index (χ1v) is 8.10. The van der Waals surface area contributed by atoms with Crippen LogP contribution < -0.4 is 4.74 Å². The Balaban J connectivity index is 1.73. The highest BCUT2D eigenvalue weighted by Gasteiger charge is 2.37. The number of carboxylic acid groups (broad SMARTS) is 1. The van der Waals surface area contributed by atoms with E-state index < -0.39 is 17.9 Å². The number of carbonyl (C=O) groups excluding carboxylic acids is 1. The lowest BCUT2D eigenvalue weighted by molar-refractivity contribution is -0.144. The van der Waals surface area contributed by atoms with Gasteiger partial charge in [-0.1, -0.05) is 12.1 Å². The number of fused-ring (bicyclic) bond motifs is 1. The highest BCUT2D eigenvalue weighted by atomic mass is 19.1. The van der Waals surface area contributed by atoms with E-state index in [0.717, 1.165) is 0 Å². The molecule has 0 aliphatic carbocycles. The van der Waals surface area contributed by atoms with Crippen molar-refractivity contribution in [2.45, 2.75) is 37.8 Å². The Morgan fingerprint density at radius 1 is 1.29 bits per heavy atom. The summed E-state index contributed by atoms with van der Waals surface area (Å²) >= 11 is 0. The fourth-order valence-electron chi connectivity index (χ4n) is 3.24. The number of rotatable bonds is 5. The predicted octanol–water partition coefficient (Wildman–Crippen LogP) is 1.61. The lowest BCUT2D eigenvalue weighted by atomic mass is 10.0. The van der Waals surface area contributed by atoms with E-state index in [0.29, 0.717) is 38.0 Å². The van der Waals surface area contributed by atoms with Gasteiger partial charge in [0.1, 0.15) is 0 Å². The topological polar surface area (TPSA) is 76.1 Å². The third-order valence-corrected chi connectivity index (χ3v) is 4.47. The van der Waals surface area contributed by atoms with Crippen molar-refractivity contribution in [2.75, 3.05) is 19.8 Å². The van der Waals surface area contributed by atoms with E-state index in [9.17, 15) is 14.0 Å². The van der Waals surface area contributed by atoms with Crippen LogP contribution in [-0.4, -0.2) is 53.8 Å². The lowest BCUT2D eigenvalue weighted by Gasteiger charge is -2.35. The summed E-state index contributed by atoms with van der Waals surface area (Å²) in [6.07, 6.45) is 0.711. The summed E-state index contributed by atoms with van der Waals surface area (Å²) in [4.78, 5) is 25.4. The van der Waals surface area contributed by atoms with Crippen LogP contribution in [-0.2, 0) is 20.7 Å². The Kier molecular flexibility index (Phi) is 4.99. The number of carbonyl (C=O) groups is 2. The number of aliphatic carboxylic acids is 1. The molecule has 1 N–H and O–H groups in total. The average molecular weight is 337 g/mol. The molecule has 24 heavy (non-hydrogen) atoms. The van der Waals surface area contributed by atoms with Crippen molar-refractivity contribution in [2.24, 2.45) is 0 Å². The summed E-state index contributed by atoms with van der Waals surface area (Å²) in [5.41, 5.74) is 0.665. The number of nitrogens with zero attached hydrogens (tertiary/aromatic N) is 1. The maximum absolute atomic E-state index is 13.8. The molecule has 0 saturated carbocycles. The number of amides is 1. The molecule has 1 amide bonds. The van der Waals surface area contributed by atoms with Gasteiger partial charge in [-0.05, 0) is 18.9 Å². The molecular weight excluding hydrogens is 317 g/mol. The van der Waals surface area contributed by atoms with E-state index in [1.165, 1.54) is 6.07 Å². The van der Waals surface area contributed by atoms with Gasteiger partial charge in [0.05, 0.1) is 6.42 Å². The molecule has 1 aromatic carbocycles. The molecular formula is C17H20FNO5. The second-order valence-electron chi connectivity index (χ2n) is 6.06. The highest BCUT2D eigenvalue weighted by Crippen LogP contribution is 2.32. The number of para-hydroxylation sites is 1. The summed E-state index contributed by atoms with van der Waals surface area (Å²) in [7, 11) is 0. The molecule has 2 heterocycles. The van der Waals surface area contributed by atoms with Gasteiger partial charge in [-0.25, -0.2) is 4.39 Å². The highest BCUT2D eigenvalue weighted by molar-refractivity contribution is 5.83. The van der Waals surface area contributed by atoms with Gasteiger partial charge < -0.3 is 19.5 Å². The van der Waals surface area contributed by atoms with Crippen LogP contribution in [0.1, 0.15) is 24.8 Å². The summed E-state index contributed by atoms with van der Waals surface area (Å²) < 4.78 is 24.6. The Morgan fingerprint density at radius 3 is 2.71 bits per heavy atom. The molecule has 1 aromatic rings. The molecule has 2 aliphatic heterocycles. The third kappa shape index (κ3) is 3.51. The minimum absolute atomic E-state index is 0.0669. The first kappa shape index (κ1) is 16.7. The van der Waals surface area contributed by atoms with Crippen LogP contribution in [0.25, 0.3) is 0 Å². The fourth-order valence-corrected chi connectivity index (χ4v) is 3.24. The van der Waals surface area contributed by atoms with Crippen molar-refractivity contribution < 1.29 is 28.6 Å². The third-order valence-electron chi connectivity index (χ3n) is 4.47. The molecule has 7 heteroatoms. The summed E-state index contributed by atoms with van der Waals surface area (Å²) in [5, 5.41) is 8.94. The predicted molar refractivity (Wildman–Crippen MR) is 82.3 cm³/mol. The summed E-state index contributed by atoms with van der Waals surface area (Å²) in [5.74, 6) is -1.59. The monoisotopic (exact) mass is 337 g/mol. The summed E-state index contributed by atoms with van der Waals surface area (Å²) in [6, 6.07) is 4.56. The van der Waals surface area contributed by atoms with Crippen molar-refractivity contribution in [1.29, 1.82) is 0 Å². The van der Waals surface area contributed by atoms with Crippen LogP contribution in [0.4, 0.5) is 4.39 Å². The van der Waals surface area contributed by atoms with Gasteiger partial charge in [0.25, 0.3) is 5.91 Å². The minimum atomic E-state index is -0.957. The van der Waals surface area contributed by atoms with Crippen molar-refractivity contribution in [3.8, 4) is 5.75 Å². The van der Waals surface area contributed by atoms with Crippen molar-refractivity contribution in [3.05, 3.63) is 29.6 Å². The SMILES string of the molecule is O=C(O)CCN(C(=O)C1Cc2cccc(F)c2O1)C1CCOCC1. The van der Waals surface area contributed by atoms with Gasteiger partial charge in [0, 0.05) is 37.8 Å². The Hall–Kier alpha value is -2.15. The smallest absolute Gasteiger partial charge is 0.305 e. The molecule has 1 fully saturated rings. The molecule has 0 radical (unpaired) electrons. The minimum Gasteiger partial charge on any atom is -0.481 e. The van der Waals surface area contributed by atoms with Crippen molar-refractivity contribution >= 4 is 11.9 Å². The number of ether oxygens (including phenoxy) is 2. The van der Waals surface area contributed by atoms with Crippen molar-refractivity contribution in [3.63, 3.8) is 0 Å². The first-order valence-electron chi connectivity index (χ1n) is 8.10. The molecule has 1 unspecified atom stereocenters. The molecule has 0 spiro atoms. The molecule has 1 atom stereocenters. The van der Waals surface area contributed by atoms with E-state index in [1.54, 1.807) is 17.0 Å². The quantitative estimate of drug-likeness (QED) is 0.883. The van der Waals surface area contributed by atoms with Crippen LogP contribution in [0.2, 0.25) is 0 Å². The molecule has 0 bridgehead atoms. The molecule has 2 aliphatic rings. The second kappa shape index (κ2) is 7.17. The van der Waals surface area contributed by atoms with Gasteiger partial charge in [-0.3, -0.25) is 9.59 Å². The van der Waals surface area contributed by atoms with Crippen LogP contribution in [0.15, 0.2) is 18.2 Å². The molecule has 1 saturated heterocycles. The molecule has 0 aromatic heterocycles. The van der Waals surface area contributed by atoms with E-state index >= 15 is 0 Å². The fraction of sp³-hybridized carbons (Fsp3) is 0.529. The molecule has 6 nitrogen and oxygen atoms in total. The van der Waals surface area contributed by atoms with Gasteiger partial charge in [-0.2, -0.15) is 0 Å². The number of carboxylic acids is 1. The second-order valence-corrected chi connectivity index (χ2v) is 6.06. The zero-order chi connectivity index (χ0) is 17.1. The zero-order valence-corrected chi connectivity index (χ0v) is 13.2. The summed E-state index contributed by atoms with van der Waals surface area (Å²) in [6.45, 7) is 1.21. The van der Waals surface area contributed by atoms with Crippen molar-refractivity contribution in [1.82, 2.24) is 4.90 Å². The van der Waals surface area contributed by atoms with Gasteiger partial charge >= 0.3 is 5.97 Å². The van der Waals surface area contributed by atoms with Gasteiger partial charge in [0.2, 0.25) is 0 Å². The van der Waals surface area contributed by atoms with Crippen LogP contribution >= 0.6 is 0 Å². The van der Waals surface area contributed by atoms with E-state index in [2.05, 4.69) is 0 Å².